The monoisotopic (exact) mass is 491 g/mol. The summed E-state index contributed by atoms with van der Waals surface area (Å²) in [5.74, 6) is -2.34. The Bertz CT molecular complexity index is 1350. The number of hydrazone groups is 2. The molecule has 0 spiro atoms. The Kier molecular flexibility index (Phi) is 6.74. The van der Waals surface area contributed by atoms with Crippen LogP contribution in [0, 0.1) is 5.41 Å². The SMILES string of the molecule is N=C1O[C@H](c2ccccc2Cl)C(=NNc2ccc(C(=O)O)cc2)/C1=N\Nc1ccc(C(=O)O)cc1. The van der Waals surface area contributed by atoms with E-state index in [1.165, 1.54) is 36.4 Å². The summed E-state index contributed by atoms with van der Waals surface area (Å²) in [5.41, 5.74) is 7.83. The van der Waals surface area contributed by atoms with Crippen LogP contribution in [0.25, 0.3) is 0 Å². The van der Waals surface area contributed by atoms with Crippen molar-refractivity contribution in [2.24, 2.45) is 10.2 Å². The number of hydrogen-bond acceptors (Lipinski definition) is 8. The van der Waals surface area contributed by atoms with Gasteiger partial charge in [-0.05, 0) is 54.6 Å². The Balaban J connectivity index is 1.66. The molecule has 0 unspecified atom stereocenters. The van der Waals surface area contributed by atoms with Crippen molar-refractivity contribution < 1.29 is 24.5 Å². The van der Waals surface area contributed by atoms with Gasteiger partial charge in [0.15, 0.2) is 11.8 Å². The van der Waals surface area contributed by atoms with Gasteiger partial charge >= 0.3 is 11.9 Å². The fraction of sp³-hybridized carbons (Fsp3) is 0.0417. The Morgan fingerprint density at radius 1 is 0.829 bits per heavy atom. The molecule has 1 saturated heterocycles. The van der Waals surface area contributed by atoms with Crippen LogP contribution in [0.2, 0.25) is 5.02 Å². The summed E-state index contributed by atoms with van der Waals surface area (Å²) in [6, 6.07) is 18.9. The van der Waals surface area contributed by atoms with Crippen LogP contribution in [-0.2, 0) is 4.74 Å². The second-order valence-electron chi connectivity index (χ2n) is 7.29. The van der Waals surface area contributed by atoms with Gasteiger partial charge in [0.05, 0.1) is 22.5 Å². The van der Waals surface area contributed by atoms with Gasteiger partial charge in [-0.2, -0.15) is 10.2 Å². The van der Waals surface area contributed by atoms with Crippen LogP contribution < -0.4 is 10.9 Å². The molecular weight excluding hydrogens is 474 g/mol. The van der Waals surface area contributed by atoms with Gasteiger partial charge in [-0.3, -0.25) is 16.3 Å². The molecule has 10 nitrogen and oxygen atoms in total. The minimum atomic E-state index is -1.05. The van der Waals surface area contributed by atoms with Crippen LogP contribution in [0.4, 0.5) is 11.4 Å². The van der Waals surface area contributed by atoms with Gasteiger partial charge in [0.2, 0.25) is 5.90 Å². The molecule has 0 aliphatic carbocycles. The quantitative estimate of drug-likeness (QED) is 0.299. The molecule has 176 valence electrons. The van der Waals surface area contributed by atoms with E-state index in [1.807, 2.05) is 0 Å². The molecule has 0 saturated carbocycles. The molecule has 0 radical (unpaired) electrons. The Hall–Kier alpha value is -4.70. The van der Waals surface area contributed by atoms with Crippen molar-refractivity contribution in [2.75, 3.05) is 10.9 Å². The Morgan fingerprint density at radius 2 is 1.34 bits per heavy atom. The summed E-state index contributed by atoms with van der Waals surface area (Å²) < 4.78 is 5.73. The molecule has 1 aliphatic heterocycles. The zero-order valence-corrected chi connectivity index (χ0v) is 18.7. The van der Waals surface area contributed by atoms with Crippen LogP contribution in [0.3, 0.4) is 0 Å². The molecule has 1 aliphatic rings. The van der Waals surface area contributed by atoms with Crippen LogP contribution in [0.5, 0.6) is 0 Å². The number of nitrogens with zero attached hydrogens (tertiary/aromatic N) is 2. The van der Waals surface area contributed by atoms with Gasteiger partial charge in [0, 0.05) is 10.6 Å². The van der Waals surface area contributed by atoms with Gasteiger partial charge in [-0.25, -0.2) is 9.59 Å². The lowest BCUT2D eigenvalue weighted by molar-refractivity contribution is 0.0686. The lowest BCUT2D eigenvalue weighted by atomic mass is 10.0. The number of benzene rings is 3. The van der Waals surface area contributed by atoms with Gasteiger partial charge in [-0.15, -0.1) is 0 Å². The van der Waals surface area contributed by atoms with Crippen LogP contribution in [0.1, 0.15) is 32.4 Å². The molecule has 5 N–H and O–H groups in total. The Morgan fingerprint density at radius 3 is 1.86 bits per heavy atom. The summed E-state index contributed by atoms with van der Waals surface area (Å²) in [6.45, 7) is 0. The van der Waals surface area contributed by atoms with E-state index in [-0.39, 0.29) is 28.4 Å². The third-order valence-corrected chi connectivity index (χ3v) is 5.34. The highest BCUT2D eigenvalue weighted by Gasteiger charge is 2.38. The van der Waals surface area contributed by atoms with E-state index in [0.29, 0.717) is 22.0 Å². The number of nitrogens with one attached hydrogen (secondary N) is 3. The molecule has 35 heavy (non-hydrogen) atoms. The van der Waals surface area contributed by atoms with E-state index < -0.39 is 18.0 Å². The van der Waals surface area contributed by atoms with Crippen molar-refractivity contribution in [3.63, 3.8) is 0 Å². The molecule has 4 rings (SSSR count). The lowest BCUT2D eigenvalue weighted by Gasteiger charge is -2.12. The zero-order valence-electron chi connectivity index (χ0n) is 17.9. The fourth-order valence-electron chi connectivity index (χ4n) is 3.21. The highest BCUT2D eigenvalue weighted by molar-refractivity contribution is 6.70. The number of carboxylic acids is 2. The third kappa shape index (κ3) is 5.28. The fourth-order valence-corrected chi connectivity index (χ4v) is 3.44. The lowest BCUT2D eigenvalue weighted by Crippen LogP contribution is -2.20. The normalized spacial score (nSPS) is 17.3. The molecule has 11 heteroatoms. The molecule has 0 aromatic heterocycles. The number of hydrogen-bond donors (Lipinski definition) is 5. The number of carboxylic acid groups (broad SMARTS) is 2. The largest absolute Gasteiger partial charge is 0.478 e. The average molecular weight is 492 g/mol. The summed E-state index contributed by atoms with van der Waals surface area (Å²) in [6.07, 6.45) is -0.822. The van der Waals surface area contributed by atoms with Crippen LogP contribution in [0.15, 0.2) is 83.0 Å². The van der Waals surface area contributed by atoms with Crippen molar-refractivity contribution in [1.82, 2.24) is 0 Å². The predicted octanol–water partition coefficient (Wildman–Crippen LogP) is 4.72. The van der Waals surface area contributed by atoms with Gasteiger partial charge in [-0.1, -0.05) is 29.8 Å². The molecular formula is C24H18ClN5O5. The number of aromatic carboxylic acids is 2. The zero-order chi connectivity index (χ0) is 24.9. The van der Waals surface area contributed by atoms with Crippen molar-refractivity contribution in [2.45, 2.75) is 6.10 Å². The van der Waals surface area contributed by atoms with E-state index in [1.54, 1.807) is 36.4 Å². The number of carbonyl (C=O) groups is 2. The maximum absolute atomic E-state index is 11.1. The van der Waals surface area contributed by atoms with Crippen LogP contribution in [-0.4, -0.2) is 39.5 Å². The van der Waals surface area contributed by atoms with Crippen molar-refractivity contribution >= 4 is 52.2 Å². The van der Waals surface area contributed by atoms with Gasteiger partial charge in [0.1, 0.15) is 5.71 Å². The summed E-state index contributed by atoms with van der Waals surface area (Å²) >= 11 is 6.36. The summed E-state index contributed by atoms with van der Waals surface area (Å²) in [5, 5.41) is 35.5. The third-order valence-electron chi connectivity index (χ3n) is 5.00. The first kappa shape index (κ1) is 23.5. The molecule has 0 bridgehead atoms. The Labute approximate surface area is 204 Å². The first-order chi connectivity index (χ1) is 16.8. The van der Waals surface area contributed by atoms with Crippen molar-refractivity contribution in [3.05, 3.63) is 94.5 Å². The number of rotatable bonds is 7. The van der Waals surface area contributed by atoms with E-state index in [0.717, 1.165) is 0 Å². The summed E-state index contributed by atoms with van der Waals surface area (Å²) in [7, 11) is 0. The minimum Gasteiger partial charge on any atom is -0.478 e. The summed E-state index contributed by atoms with van der Waals surface area (Å²) in [4.78, 5) is 22.1. The average Bonchev–Trinajstić information content (AvgIpc) is 3.16. The molecule has 1 atom stereocenters. The topological polar surface area (TPSA) is 156 Å². The first-order valence-corrected chi connectivity index (χ1v) is 10.6. The first-order valence-electron chi connectivity index (χ1n) is 10.2. The van der Waals surface area contributed by atoms with E-state index in [4.69, 9.17) is 32.0 Å². The second kappa shape index (κ2) is 10.1. The molecule has 1 fully saturated rings. The minimum absolute atomic E-state index is 0.104. The molecule has 0 amide bonds. The number of halogens is 1. The van der Waals surface area contributed by atoms with Crippen molar-refractivity contribution in [3.8, 4) is 0 Å². The second-order valence-corrected chi connectivity index (χ2v) is 7.70. The van der Waals surface area contributed by atoms with E-state index >= 15 is 0 Å². The van der Waals surface area contributed by atoms with Gasteiger partial charge < -0.3 is 14.9 Å². The smallest absolute Gasteiger partial charge is 0.335 e. The number of anilines is 2. The highest BCUT2D eigenvalue weighted by atomic mass is 35.5. The highest BCUT2D eigenvalue weighted by Crippen LogP contribution is 2.32. The maximum Gasteiger partial charge on any atom is 0.335 e. The molecule has 3 aromatic rings. The van der Waals surface area contributed by atoms with E-state index in [9.17, 15) is 9.59 Å². The molecule has 3 aromatic carbocycles. The van der Waals surface area contributed by atoms with Gasteiger partial charge in [0.25, 0.3) is 0 Å². The van der Waals surface area contributed by atoms with E-state index in [2.05, 4.69) is 21.1 Å². The van der Waals surface area contributed by atoms with Crippen LogP contribution >= 0.6 is 11.6 Å². The standard InChI is InChI=1S/C24H18ClN5O5/c25-18-4-2-1-3-17(18)21-19(29-27-15-9-5-13(6-10-15)23(31)32)20(22(26)35-21)30-28-16-11-7-14(8-12-16)24(33)34/h1-12,21,26-28H,(H,31,32)(H,33,34)/b26-22?,29-19?,30-20+/t21-/m1/s1. The maximum atomic E-state index is 11.1. The predicted molar refractivity (Wildman–Crippen MR) is 132 cm³/mol. The number of ether oxygens (including phenoxy) is 1. The molecule has 1 heterocycles. The van der Waals surface area contributed by atoms with Crippen molar-refractivity contribution in [1.29, 1.82) is 5.41 Å².